The number of hydrogen-bond donors (Lipinski definition) is 0. The van der Waals surface area contributed by atoms with Gasteiger partial charge in [0, 0.05) is 18.3 Å². The molecule has 3 nitrogen and oxygen atoms in total. The fraction of sp³-hybridized carbons (Fsp3) is 0. The van der Waals surface area contributed by atoms with Crippen LogP contribution in [0.5, 0.6) is 0 Å². The predicted molar refractivity (Wildman–Crippen MR) is 53.3 cm³/mol. The van der Waals surface area contributed by atoms with Gasteiger partial charge in [-0.05, 0) is 12.1 Å². The summed E-state index contributed by atoms with van der Waals surface area (Å²) in [6, 6.07) is 7.42. The number of nitrogens with zero attached hydrogens (tertiary/aromatic N) is 2. The van der Waals surface area contributed by atoms with Gasteiger partial charge in [-0.25, -0.2) is 0 Å². The molecule has 2 heterocycles. The maximum absolute atomic E-state index is 5.01. The lowest BCUT2D eigenvalue weighted by atomic mass is 10.2. The Hall–Kier alpha value is -2.12. The van der Waals surface area contributed by atoms with Gasteiger partial charge in [0.1, 0.15) is 5.69 Å². The van der Waals surface area contributed by atoms with Gasteiger partial charge in [-0.2, -0.15) is 0 Å². The Labute approximate surface area is 81.4 Å². The van der Waals surface area contributed by atoms with Crippen molar-refractivity contribution in [2.24, 2.45) is 0 Å². The molecular weight excluding hydrogens is 176 g/mol. The first kappa shape index (κ1) is 8.48. The molecule has 0 saturated heterocycles. The molecule has 0 aliphatic carbocycles. The average Bonchev–Trinajstić information content (AvgIpc) is 2.68. The Kier molecular flexibility index (Phi) is 2.26. The van der Waals surface area contributed by atoms with Crippen LogP contribution in [0, 0.1) is 0 Å². The van der Waals surface area contributed by atoms with E-state index in [0.717, 1.165) is 5.69 Å². The Bertz CT molecular complexity index is 467. The summed E-state index contributed by atoms with van der Waals surface area (Å²) in [4.78, 5) is 4.15. The van der Waals surface area contributed by atoms with Crippen molar-refractivity contribution in [1.29, 1.82) is 0 Å². The fourth-order valence-electron chi connectivity index (χ4n) is 1.09. The van der Waals surface area contributed by atoms with Gasteiger partial charge >= 0.3 is 0 Å². The van der Waals surface area contributed by atoms with Gasteiger partial charge in [-0.1, -0.05) is 17.8 Å². The second-order valence-electron chi connectivity index (χ2n) is 2.68. The lowest BCUT2D eigenvalue weighted by molar-refractivity contribution is 0.415. The normalized spacial score (nSPS) is 9.43. The highest BCUT2D eigenvalue weighted by molar-refractivity contribution is 5.57. The van der Waals surface area contributed by atoms with E-state index in [2.05, 4.69) is 22.5 Å². The van der Waals surface area contributed by atoms with Crippen LogP contribution in [-0.4, -0.2) is 10.1 Å². The summed E-state index contributed by atoms with van der Waals surface area (Å²) in [6.07, 6.45) is 3.34. The van der Waals surface area contributed by atoms with Crippen molar-refractivity contribution in [3.63, 3.8) is 0 Å². The zero-order valence-corrected chi connectivity index (χ0v) is 7.47. The molecule has 0 radical (unpaired) electrons. The van der Waals surface area contributed by atoms with E-state index in [9.17, 15) is 0 Å². The molecule has 14 heavy (non-hydrogen) atoms. The van der Waals surface area contributed by atoms with E-state index in [1.165, 1.54) is 0 Å². The average molecular weight is 184 g/mol. The smallest absolute Gasteiger partial charge is 0.167 e. The van der Waals surface area contributed by atoms with E-state index >= 15 is 0 Å². The molecule has 0 spiro atoms. The molecule has 0 atom stereocenters. The molecule has 68 valence electrons. The van der Waals surface area contributed by atoms with Crippen LogP contribution in [0.3, 0.4) is 0 Å². The van der Waals surface area contributed by atoms with Crippen LogP contribution in [0.15, 0.2) is 47.3 Å². The van der Waals surface area contributed by atoms with Crippen molar-refractivity contribution < 1.29 is 4.52 Å². The van der Waals surface area contributed by atoms with Crippen molar-refractivity contribution in [2.45, 2.75) is 0 Å². The molecule has 0 unspecified atom stereocenters. The molecule has 0 aliphatic heterocycles. The third-order valence-corrected chi connectivity index (χ3v) is 1.70. The van der Waals surface area contributed by atoms with Gasteiger partial charge in [0.15, 0.2) is 5.76 Å². The van der Waals surface area contributed by atoms with Crippen LogP contribution < -0.4 is 0 Å². The number of pyridine rings is 1. The zero-order valence-electron chi connectivity index (χ0n) is 7.47. The minimum atomic E-state index is 0.626. The van der Waals surface area contributed by atoms with Crippen LogP contribution in [0.1, 0.15) is 5.76 Å². The summed E-state index contributed by atoms with van der Waals surface area (Å²) in [5.74, 6) is 0.626. The summed E-state index contributed by atoms with van der Waals surface area (Å²) in [7, 11) is 0. The monoisotopic (exact) mass is 184 g/mol. The minimum Gasteiger partial charge on any atom is -0.356 e. The molecular formula is C11H8N2O. The number of hydrogen-bond acceptors (Lipinski definition) is 3. The van der Waals surface area contributed by atoms with Crippen LogP contribution in [-0.2, 0) is 0 Å². The molecule has 0 saturated carbocycles. The van der Waals surface area contributed by atoms with Crippen molar-refractivity contribution >= 4 is 6.08 Å². The van der Waals surface area contributed by atoms with Gasteiger partial charge < -0.3 is 4.52 Å². The van der Waals surface area contributed by atoms with E-state index in [1.54, 1.807) is 18.3 Å². The molecule has 0 amide bonds. The highest BCUT2D eigenvalue weighted by Gasteiger charge is 2.04. The van der Waals surface area contributed by atoms with E-state index in [1.807, 2.05) is 18.2 Å². The van der Waals surface area contributed by atoms with E-state index < -0.39 is 0 Å². The summed E-state index contributed by atoms with van der Waals surface area (Å²) >= 11 is 0. The standard InChI is InChI=1S/C11H8N2O/c1-2-5-9-8-11(13-14-9)10-6-3-4-7-12-10/h3-8H,1H2. The van der Waals surface area contributed by atoms with Gasteiger partial charge in [-0.3, -0.25) is 4.98 Å². The van der Waals surface area contributed by atoms with Crippen LogP contribution in [0.2, 0.25) is 0 Å². The molecule has 3 heteroatoms. The largest absolute Gasteiger partial charge is 0.356 e. The van der Waals surface area contributed by atoms with Crippen molar-refractivity contribution in [2.75, 3.05) is 0 Å². The molecule has 0 N–H and O–H groups in total. The van der Waals surface area contributed by atoms with Crippen LogP contribution >= 0.6 is 0 Å². The lowest BCUT2D eigenvalue weighted by Crippen LogP contribution is -1.79. The van der Waals surface area contributed by atoms with Gasteiger partial charge in [0.25, 0.3) is 0 Å². The van der Waals surface area contributed by atoms with Crippen molar-refractivity contribution in [3.05, 3.63) is 48.5 Å². The third-order valence-electron chi connectivity index (χ3n) is 1.70. The number of aromatic nitrogens is 2. The van der Waals surface area contributed by atoms with E-state index in [0.29, 0.717) is 11.5 Å². The SMILES string of the molecule is C=C=Cc1cc(-c2ccccn2)no1. The van der Waals surface area contributed by atoms with Gasteiger partial charge in [-0.15, -0.1) is 5.73 Å². The predicted octanol–water partition coefficient (Wildman–Crippen LogP) is 2.53. The van der Waals surface area contributed by atoms with Gasteiger partial charge in [0.2, 0.25) is 0 Å². The second-order valence-corrected chi connectivity index (χ2v) is 2.68. The highest BCUT2D eigenvalue weighted by atomic mass is 16.5. The minimum absolute atomic E-state index is 0.626. The van der Waals surface area contributed by atoms with Crippen molar-refractivity contribution in [3.8, 4) is 11.4 Å². The molecule has 2 aromatic rings. The summed E-state index contributed by atoms with van der Waals surface area (Å²) in [5.41, 5.74) is 4.13. The number of rotatable bonds is 2. The fourth-order valence-corrected chi connectivity index (χ4v) is 1.09. The first-order valence-electron chi connectivity index (χ1n) is 4.14. The summed E-state index contributed by atoms with van der Waals surface area (Å²) in [5, 5.41) is 3.87. The molecule has 2 aromatic heterocycles. The van der Waals surface area contributed by atoms with Crippen LogP contribution in [0.4, 0.5) is 0 Å². The Morgan fingerprint density at radius 3 is 3.00 bits per heavy atom. The lowest BCUT2D eigenvalue weighted by Gasteiger charge is -1.89. The maximum Gasteiger partial charge on any atom is 0.167 e. The first-order valence-corrected chi connectivity index (χ1v) is 4.14. The Morgan fingerprint density at radius 1 is 1.36 bits per heavy atom. The van der Waals surface area contributed by atoms with Gasteiger partial charge in [0.05, 0.1) is 5.69 Å². The Balaban J connectivity index is 2.39. The molecule has 0 fully saturated rings. The molecule has 0 aliphatic rings. The first-order chi connectivity index (χ1) is 6.90. The summed E-state index contributed by atoms with van der Waals surface area (Å²) in [6.45, 7) is 3.45. The molecule has 0 bridgehead atoms. The molecule has 0 aromatic carbocycles. The van der Waals surface area contributed by atoms with Crippen LogP contribution in [0.25, 0.3) is 17.5 Å². The topological polar surface area (TPSA) is 38.9 Å². The summed E-state index contributed by atoms with van der Waals surface area (Å²) < 4.78 is 5.01. The second kappa shape index (κ2) is 3.73. The zero-order chi connectivity index (χ0) is 9.80. The maximum atomic E-state index is 5.01. The van der Waals surface area contributed by atoms with E-state index in [-0.39, 0.29) is 0 Å². The highest BCUT2D eigenvalue weighted by Crippen LogP contribution is 2.16. The van der Waals surface area contributed by atoms with E-state index in [4.69, 9.17) is 4.52 Å². The Morgan fingerprint density at radius 2 is 2.29 bits per heavy atom. The quantitative estimate of drug-likeness (QED) is 0.673. The van der Waals surface area contributed by atoms with Crippen molar-refractivity contribution in [1.82, 2.24) is 10.1 Å². The third kappa shape index (κ3) is 1.63. The molecule has 2 rings (SSSR count).